The molecule has 2 aliphatic rings. The molecular formula is C16H31N3O2. The van der Waals surface area contributed by atoms with E-state index in [0.717, 1.165) is 58.7 Å². The number of hydrogen-bond donors (Lipinski definition) is 1. The molecule has 2 saturated heterocycles. The van der Waals surface area contributed by atoms with Crippen LogP contribution < -0.4 is 5.32 Å². The van der Waals surface area contributed by atoms with Crippen molar-refractivity contribution in [2.45, 2.75) is 38.5 Å². The van der Waals surface area contributed by atoms with E-state index in [9.17, 15) is 4.79 Å². The van der Waals surface area contributed by atoms with E-state index >= 15 is 0 Å². The molecule has 5 nitrogen and oxygen atoms in total. The summed E-state index contributed by atoms with van der Waals surface area (Å²) in [6.07, 6.45) is 7.35. The Morgan fingerprint density at radius 2 is 1.86 bits per heavy atom. The minimum atomic E-state index is 0.146. The molecule has 0 unspecified atom stereocenters. The van der Waals surface area contributed by atoms with Gasteiger partial charge >= 0.3 is 6.03 Å². The molecule has 21 heavy (non-hydrogen) atoms. The fraction of sp³-hybridized carbons (Fsp3) is 0.938. The van der Waals surface area contributed by atoms with Crippen LogP contribution in [0.4, 0.5) is 4.79 Å². The molecule has 122 valence electrons. The second kappa shape index (κ2) is 9.26. The van der Waals surface area contributed by atoms with Crippen molar-refractivity contribution in [3.63, 3.8) is 0 Å². The number of likely N-dealkylation sites (tertiary alicyclic amines) is 2. The fourth-order valence-electron chi connectivity index (χ4n) is 3.30. The van der Waals surface area contributed by atoms with Gasteiger partial charge in [-0.1, -0.05) is 19.3 Å². The van der Waals surface area contributed by atoms with Crippen LogP contribution in [0.3, 0.4) is 0 Å². The largest absolute Gasteiger partial charge is 0.383 e. The van der Waals surface area contributed by atoms with E-state index in [2.05, 4.69) is 10.2 Å². The zero-order valence-electron chi connectivity index (χ0n) is 13.5. The maximum absolute atomic E-state index is 12.3. The quantitative estimate of drug-likeness (QED) is 0.843. The molecule has 0 bridgehead atoms. The topological polar surface area (TPSA) is 44.8 Å². The third-order valence-electron chi connectivity index (χ3n) is 4.67. The zero-order valence-corrected chi connectivity index (χ0v) is 13.5. The lowest BCUT2D eigenvalue weighted by Gasteiger charge is -2.25. The van der Waals surface area contributed by atoms with Crippen molar-refractivity contribution in [3.8, 4) is 0 Å². The first-order valence-corrected chi connectivity index (χ1v) is 8.53. The molecule has 2 aliphatic heterocycles. The Morgan fingerprint density at radius 1 is 1.14 bits per heavy atom. The predicted octanol–water partition coefficient (Wildman–Crippen LogP) is 1.93. The highest BCUT2D eigenvalue weighted by Crippen LogP contribution is 2.15. The molecule has 0 aromatic carbocycles. The third kappa shape index (κ3) is 5.83. The number of hydrogen-bond acceptors (Lipinski definition) is 3. The average Bonchev–Trinajstić information content (AvgIpc) is 2.90. The van der Waals surface area contributed by atoms with E-state index in [1.807, 2.05) is 4.90 Å². The van der Waals surface area contributed by atoms with E-state index in [4.69, 9.17) is 4.74 Å². The second-order valence-electron chi connectivity index (χ2n) is 6.39. The summed E-state index contributed by atoms with van der Waals surface area (Å²) in [6, 6.07) is 0.146. The number of amides is 2. The van der Waals surface area contributed by atoms with E-state index in [0.29, 0.717) is 5.92 Å². The molecule has 2 amide bonds. The van der Waals surface area contributed by atoms with Gasteiger partial charge in [0.1, 0.15) is 0 Å². The molecule has 0 spiro atoms. The summed E-state index contributed by atoms with van der Waals surface area (Å²) in [5.41, 5.74) is 0. The minimum Gasteiger partial charge on any atom is -0.383 e. The maximum atomic E-state index is 12.3. The Hall–Kier alpha value is -0.810. The van der Waals surface area contributed by atoms with Gasteiger partial charge in [0.25, 0.3) is 0 Å². The first-order chi connectivity index (χ1) is 10.3. The highest BCUT2D eigenvalue weighted by Gasteiger charge is 2.23. The van der Waals surface area contributed by atoms with Crippen LogP contribution in [0.15, 0.2) is 0 Å². The number of carbonyl (C=O) groups excluding carboxylic acids is 1. The molecule has 2 heterocycles. The Bertz CT molecular complexity index is 304. The SMILES string of the molecule is COCCN1CC[C@H](CNC(=O)N2CCCCCCC2)C1. The van der Waals surface area contributed by atoms with Gasteiger partial charge in [-0.15, -0.1) is 0 Å². The van der Waals surface area contributed by atoms with E-state index in [-0.39, 0.29) is 6.03 Å². The molecule has 0 saturated carbocycles. The van der Waals surface area contributed by atoms with E-state index < -0.39 is 0 Å². The first-order valence-electron chi connectivity index (χ1n) is 8.53. The van der Waals surface area contributed by atoms with Gasteiger partial charge in [0.2, 0.25) is 0 Å². The molecule has 0 aromatic rings. The number of nitrogens with zero attached hydrogens (tertiary/aromatic N) is 2. The van der Waals surface area contributed by atoms with Crippen LogP contribution in [-0.2, 0) is 4.74 Å². The summed E-state index contributed by atoms with van der Waals surface area (Å²) in [7, 11) is 1.75. The standard InChI is InChI=1S/C16H31N3O2/c1-21-12-11-18-10-7-15(14-18)13-17-16(20)19-8-5-3-2-4-6-9-19/h15H,2-14H2,1H3,(H,17,20)/t15-/m1/s1. The third-order valence-corrected chi connectivity index (χ3v) is 4.67. The summed E-state index contributed by atoms with van der Waals surface area (Å²) in [6.45, 7) is 6.70. The summed E-state index contributed by atoms with van der Waals surface area (Å²) < 4.78 is 5.12. The van der Waals surface area contributed by atoms with Crippen LogP contribution in [0.25, 0.3) is 0 Å². The van der Waals surface area contributed by atoms with Crippen molar-refractivity contribution in [2.24, 2.45) is 5.92 Å². The number of nitrogens with one attached hydrogen (secondary N) is 1. The van der Waals surface area contributed by atoms with E-state index in [1.54, 1.807) is 7.11 Å². The molecule has 1 N–H and O–H groups in total. The van der Waals surface area contributed by atoms with Gasteiger partial charge < -0.3 is 19.9 Å². The van der Waals surface area contributed by atoms with Crippen molar-refractivity contribution < 1.29 is 9.53 Å². The van der Waals surface area contributed by atoms with Crippen LogP contribution in [0.1, 0.15) is 38.5 Å². The zero-order chi connectivity index (χ0) is 14.9. The van der Waals surface area contributed by atoms with Gasteiger partial charge in [0, 0.05) is 39.8 Å². The van der Waals surface area contributed by atoms with Gasteiger partial charge in [-0.25, -0.2) is 4.79 Å². The maximum Gasteiger partial charge on any atom is 0.317 e. The van der Waals surface area contributed by atoms with Gasteiger partial charge in [-0.2, -0.15) is 0 Å². The van der Waals surface area contributed by atoms with Crippen LogP contribution in [0.2, 0.25) is 0 Å². The number of urea groups is 1. The summed E-state index contributed by atoms with van der Waals surface area (Å²) >= 11 is 0. The number of methoxy groups -OCH3 is 1. The van der Waals surface area contributed by atoms with Crippen LogP contribution in [-0.4, -0.2) is 68.8 Å². The highest BCUT2D eigenvalue weighted by atomic mass is 16.5. The summed E-state index contributed by atoms with van der Waals surface area (Å²) in [4.78, 5) is 16.7. The van der Waals surface area contributed by atoms with Gasteiger partial charge in [0.05, 0.1) is 6.61 Å². The molecule has 2 rings (SSSR count). The lowest BCUT2D eigenvalue weighted by atomic mass is 10.1. The van der Waals surface area contributed by atoms with Crippen LogP contribution in [0, 0.1) is 5.92 Å². The Kier molecular flexibility index (Phi) is 7.30. The molecular weight excluding hydrogens is 266 g/mol. The van der Waals surface area contributed by atoms with Crippen molar-refractivity contribution in [3.05, 3.63) is 0 Å². The van der Waals surface area contributed by atoms with E-state index in [1.165, 1.54) is 25.7 Å². The van der Waals surface area contributed by atoms with Crippen LogP contribution >= 0.6 is 0 Å². The Morgan fingerprint density at radius 3 is 2.57 bits per heavy atom. The Balaban J connectivity index is 1.64. The molecule has 0 aliphatic carbocycles. The van der Waals surface area contributed by atoms with Gasteiger partial charge in [-0.3, -0.25) is 0 Å². The summed E-state index contributed by atoms with van der Waals surface area (Å²) in [5, 5.41) is 3.15. The average molecular weight is 297 g/mol. The van der Waals surface area contributed by atoms with Gasteiger partial charge in [0.15, 0.2) is 0 Å². The Labute approximate surface area is 129 Å². The molecule has 2 fully saturated rings. The fourth-order valence-corrected chi connectivity index (χ4v) is 3.30. The lowest BCUT2D eigenvalue weighted by Crippen LogP contribution is -2.43. The number of ether oxygens (including phenoxy) is 1. The van der Waals surface area contributed by atoms with Crippen molar-refractivity contribution in [2.75, 3.05) is 53.0 Å². The van der Waals surface area contributed by atoms with Crippen LogP contribution in [0.5, 0.6) is 0 Å². The molecule has 0 aromatic heterocycles. The molecule has 5 heteroatoms. The monoisotopic (exact) mass is 297 g/mol. The number of carbonyl (C=O) groups is 1. The van der Waals surface area contributed by atoms with Crippen molar-refractivity contribution in [1.82, 2.24) is 15.1 Å². The van der Waals surface area contributed by atoms with Crippen molar-refractivity contribution >= 4 is 6.03 Å². The minimum absolute atomic E-state index is 0.146. The number of rotatable bonds is 5. The normalized spacial score (nSPS) is 24.6. The smallest absolute Gasteiger partial charge is 0.317 e. The first kappa shape index (κ1) is 16.6. The van der Waals surface area contributed by atoms with Gasteiger partial charge in [-0.05, 0) is 31.7 Å². The predicted molar refractivity (Wildman–Crippen MR) is 84.5 cm³/mol. The highest BCUT2D eigenvalue weighted by molar-refractivity contribution is 5.74. The molecule has 1 atom stereocenters. The second-order valence-corrected chi connectivity index (χ2v) is 6.39. The lowest BCUT2D eigenvalue weighted by molar-refractivity contribution is 0.158. The summed E-state index contributed by atoms with van der Waals surface area (Å²) in [5.74, 6) is 0.598. The van der Waals surface area contributed by atoms with Crippen molar-refractivity contribution in [1.29, 1.82) is 0 Å². The molecule has 0 radical (unpaired) electrons.